The Kier molecular flexibility index (Phi) is 3.05. The minimum absolute atomic E-state index is 0.0439. The molecule has 0 spiro atoms. The zero-order valence-electron chi connectivity index (χ0n) is 9.94. The average molecular weight is 227 g/mol. The van der Waals surface area contributed by atoms with Gasteiger partial charge in [0.15, 0.2) is 11.5 Å². The quantitative estimate of drug-likeness (QED) is 0.768. The first-order chi connectivity index (χ1) is 8.11. The van der Waals surface area contributed by atoms with Gasteiger partial charge in [-0.25, -0.2) is 0 Å². The standard InChI is InChI=1S/C15H15O2/c1-10(2)14-12(8-9-13(16)15(14)17)11-6-4-3-5-7-11/h3-7,9-10,16-17H,1-2H3. The van der Waals surface area contributed by atoms with Crippen LogP contribution in [0.3, 0.4) is 0 Å². The van der Waals surface area contributed by atoms with Crippen molar-refractivity contribution in [2.45, 2.75) is 19.8 Å². The molecule has 0 heterocycles. The Balaban J connectivity index is 2.67. The van der Waals surface area contributed by atoms with Crippen LogP contribution in [-0.2, 0) is 0 Å². The van der Waals surface area contributed by atoms with E-state index < -0.39 is 0 Å². The summed E-state index contributed by atoms with van der Waals surface area (Å²) in [5.41, 5.74) is 2.57. The van der Waals surface area contributed by atoms with Gasteiger partial charge >= 0.3 is 0 Å². The minimum Gasteiger partial charge on any atom is -0.504 e. The highest BCUT2D eigenvalue weighted by molar-refractivity contribution is 5.72. The summed E-state index contributed by atoms with van der Waals surface area (Å²) in [6.07, 6.45) is 0. The van der Waals surface area contributed by atoms with Crippen molar-refractivity contribution in [1.29, 1.82) is 0 Å². The van der Waals surface area contributed by atoms with Gasteiger partial charge in [-0.2, -0.15) is 0 Å². The van der Waals surface area contributed by atoms with Crippen molar-refractivity contribution in [3.8, 4) is 22.6 Å². The van der Waals surface area contributed by atoms with Crippen molar-refractivity contribution >= 4 is 0 Å². The summed E-state index contributed by atoms with van der Waals surface area (Å²) in [6, 6.07) is 14.2. The van der Waals surface area contributed by atoms with E-state index in [1.165, 1.54) is 6.07 Å². The monoisotopic (exact) mass is 227 g/mol. The summed E-state index contributed by atoms with van der Waals surface area (Å²) in [7, 11) is 0. The lowest BCUT2D eigenvalue weighted by atomic mass is 9.91. The van der Waals surface area contributed by atoms with E-state index in [1.807, 2.05) is 44.2 Å². The van der Waals surface area contributed by atoms with E-state index in [9.17, 15) is 10.2 Å². The first-order valence-electron chi connectivity index (χ1n) is 5.63. The number of hydrogen-bond acceptors (Lipinski definition) is 2. The van der Waals surface area contributed by atoms with Gasteiger partial charge in [0.1, 0.15) is 0 Å². The first-order valence-corrected chi connectivity index (χ1v) is 5.63. The molecule has 0 unspecified atom stereocenters. The molecule has 87 valence electrons. The summed E-state index contributed by atoms with van der Waals surface area (Å²) in [6.45, 7) is 3.96. The Bertz CT molecular complexity index is 516. The maximum absolute atomic E-state index is 9.94. The van der Waals surface area contributed by atoms with E-state index >= 15 is 0 Å². The maximum Gasteiger partial charge on any atom is 0.161 e. The van der Waals surface area contributed by atoms with E-state index in [1.54, 1.807) is 0 Å². The van der Waals surface area contributed by atoms with Crippen molar-refractivity contribution in [3.05, 3.63) is 48.0 Å². The second-order valence-electron chi connectivity index (χ2n) is 4.33. The number of phenolic OH excluding ortho intramolecular Hbond substituents is 2. The zero-order chi connectivity index (χ0) is 12.4. The Hall–Kier alpha value is -1.96. The van der Waals surface area contributed by atoms with Crippen molar-refractivity contribution in [2.24, 2.45) is 0 Å². The molecule has 2 nitrogen and oxygen atoms in total. The van der Waals surface area contributed by atoms with Crippen molar-refractivity contribution in [1.82, 2.24) is 0 Å². The molecule has 0 aromatic heterocycles. The molecule has 2 rings (SSSR count). The van der Waals surface area contributed by atoms with E-state index in [4.69, 9.17) is 0 Å². The number of rotatable bonds is 2. The number of aromatic hydroxyl groups is 2. The van der Waals surface area contributed by atoms with Crippen LogP contribution in [0.25, 0.3) is 11.1 Å². The average Bonchev–Trinajstić information content (AvgIpc) is 2.33. The highest BCUT2D eigenvalue weighted by Gasteiger charge is 2.16. The van der Waals surface area contributed by atoms with Crippen LogP contribution in [0.4, 0.5) is 0 Å². The van der Waals surface area contributed by atoms with Crippen LogP contribution >= 0.6 is 0 Å². The lowest BCUT2D eigenvalue weighted by Crippen LogP contribution is -1.94. The Morgan fingerprint density at radius 2 is 1.71 bits per heavy atom. The topological polar surface area (TPSA) is 40.5 Å². The fourth-order valence-corrected chi connectivity index (χ4v) is 1.95. The maximum atomic E-state index is 9.94. The lowest BCUT2D eigenvalue weighted by molar-refractivity contribution is 0.398. The molecule has 2 N–H and O–H groups in total. The van der Waals surface area contributed by atoms with Crippen LogP contribution in [0.5, 0.6) is 11.5 Å². The van der Waals surface area contributed by atoms with Crippen LogP contribution in [0.1, 0.15) is 25.3 Å². The second-order valence-corrected chi connectivity index (χ2v) is 4.33. The third-order valence-corrected chi connectivity index (χ3v) is 2.76. The third kappa shape index (κ3) is 2.11. The van der Waals surface area contributed by atoms with Crippen LogP contribution in [0.2, 0.25) is 0 Å². The summed E-state index contributed by atoms with van der Waals surface area (Å²) >= 11 is 0. The Morgan fingerprint density at radius 3 is 2.29 bits per heavy atom. The lowest BCUT2D eigenvalue weighted by Gasteiger charge is -2.15. The zero-order valence-corrected chi connectivity index (χ0v) is 9.94. The number of hydrogen-bond donors (Lipinski definition) is 2. The van der Waals surface area contributed by atoms with Crippen LogP contribution in [0, 0.1) is 6.07 Å². The predicted octanol–water partition coefficient (Wildman–Crippen LogP) is 3.69. The van der Waals surface area contributed by atoms with Crippen molar-refractivity contribution in [2.75, 3.05) is 0 Å². The molecule has 0 saturated carbocycles. The van der Waals surface area contributed by atoms with Gasteiger partial charge < -0.3 is 10.2 Å². The van der Waals surface area contributed by atoms with E-state index in [-0.39, 0.29) is 17.4 Å². The predicted molar refractivity (Wildman–Crippen MR) is 68.1 cm³/mol. The van der Waals surface area contributed by atoms with E-state index in [2.05, 4.69) is 6.07 Å². The normalized spacial score (nSPS) is 10.8. The van der Waals surface area contributed by atoms with Gasteiger partial charge in [-0.1, -0.05) is 44.2 Å². The van der Waals surface area contributed by atoms with Crippen LogP contribution < -0.4 is 0 Å². The fraction of sp³-hybridized carbons (Fsp3) is 0.200. The van der Waals surface area contributed by atoms with E-state index in [0.29, 0.717) is 0 Å². The van der Waals surface area contributed by atoms with Gasteiger partial charge in [0.05, 0.1) is 0 Å². The summed E-state index contributed by atoms with van der Waals surface area (Å²) in [5, 5.41) is 19.5. The van der Waals surface area contributed by atoms with Gasteiger partial charge in [0.25, 0.3) is 0 Å². The highest BCUT2D eigenvalue weighted by atomic mass is 16.3. The molecule has 2 heteroatoms. The molecule has 0 fully saturated rings. The molecule has 0 aliphatic rings. The third-order valence-electron chi connectivity index (χ3n) is 2.76. The van der Waals surface area contributed by atoms with Gasteiger partial charge in [-0.05, 0) is 29.2 Å². The summed E-state index contributed by atoms with van der Waals surface area (Å²) in [5.74, 6) is -0.0421. The van der Waals surface area contributed by atoms with Gasteiger partial charge in [-0.3, -0.25) is 0 Å². The van der Waals surface area contributed by atoms with E-state index in [0.717, 1.165) is 16.7 Å². The smallest absolute Gasteiger partial charge is 0.161 e. The minimum atomic E-state index is -0.117. The second kappa shape index (κ2) is 4.50. The first kappa shape index (κ1) is 11.5. The molecule has 0 bridgehead atoms. The summed E-state index contributed by atoms with van der Waals surface area (Å²) < 4.78 is 0. The molecule has 0 saturated heterocycles. The largest absolute Gasteiger partial charge is 0.504 e. The van der Waals surface area contributed by atoms with Crippen molar-refractivity contribution in [3.63, 3.8) is 0 Å². The molecule has 0 amide bonds. The number of benzene rings is 2. The molecule has 2 aromatic rings. The van der Waals surface area contributed by atoms with Gasteiger partial charge in [0, 0.05) is 5.56 Å². The highest BCUT2D eigenvalue weighted by Crippen LogP contribution is 2.40. The molecule has 1 radical (unpaired) electrons. The molecule has 0 aliphatic carbocycles. The Morgan fingerprint density at radius 1 is 1.06 bits per heavy atom. The van der Waals surface area contributed by atoms with Crippen LogP contribution in [0.15, 0.2) is 36.4 Å². The molecular formula is C15H15O2. The molecule has 2 aromatic carbocycles. The summed E-state index contributed by atoms with van der Waals surface area (Å²) in [4.78, 5) is 0. The molecular weight excluding hydrogens is 212 g/mol. The molecule has 17 heavy (non-hydrogen) atoms. The molecule has 0 aliphatic heterocycles. The number of phenols is 2. The van der Waals surface area contributed by atoms with Gasteiger partial charge in [-0.15, -0.1) is 0 Å². The fourth-order valence-electron chi connectivity index (χ4n) is 1.95. The van der Waals surface area contributed by atoms with Gasteiger partial charge in [0.2, 0.25) is 0 Å². The Labute approximate surface area is 101 Å². The van der Waals surface area contributed by atoms with Crippen LogP contribution in [-0.4, -0.2) is 10.2 Å². The SMILES string of the molecule is CC(C)c1c(-c2ccccc2)[c]cc(O)c1O. The molecule has 0 atom stereocenters. The van der Waals surface area contributed by atoms with Crippen molar-refractivity contribution < 1.29 is 10.2 Å².